The third-order valence-electron chi connectivity index (χ3n) is 3.02. The predicted octanol–water partition coefficient (Wildman–Crippen LogP) is 2.66. The molecular weight excluding hydrogens is 202 g/mol. The van der Waals surface area contributed by atoms with Crippen LogP contribution in [-0.2, 0) is 9.53 Å². The normalized spacial score (nSPS) is 16.2. The molecule has 3 nitrogen and oxygen atoms in total. The van der Waals surface area contributed by atoms with Crippen molar-refractivity contribution < 1.29 is 9.53 Å². The molecule has 0 aromatic carbocycles. The van der Waals surface area contributed by atoms with Crippen molar-refractivity contribution in [3.8, 4) is 0 Å². The van der Waals surface area contributed by atoms with Crippen molar-refractivity contribution in [3.05, 3.63) is 12.7 Å². The fourth-order valence-corrected chi connectivity index (χ4v) is 1.28. The van der Waals surface area contributed by atoms with E-state index in [0.717, 1.165) is 19.3 Å². The van der Waals surface area contributed by atoms with Crippen LogP contribution in [0.1, 0.15) is 47.0 Å². The molecule has 2 unspecified atom stereocenters. The van der Waals surface area contributed by atoms with Crippen molar-refractivity contribution in [1.82, 2.24) is 5.32 Å². The van der Waals surface area contributed by atoms with Gasteiger partial charge in [-0.05, 0) is 39.2 Å². The van der Waals surface area contributed by atoms with Gasteiger partial charge in [-0.2, -0.15) is 0 Å². The molecule has 0 rings (SSSR count). The fourth-order valence-electron chi connectivity index (χ4n) is 1.28. The summed E-state index contributed by atoms with van der Waals surface area (Å²) in [5, 5.41) is 2.95. The van der Waals surface area contributed by atoms with Gasteiger partial charge >= 0.3 is 0 Å². The number of carbonyl (C=O) groups excluding carboxylic acids is 1. The van der Waals surface area contributed by atoms with Crippen LogP contribution in [-0.4, -0.2) is 24.2 Å². The SMILES string of the molecule is C=CC(=O)NC(C)(CC)CCOC(C)CC. The first-order valence-electron chi connectivity index (χ1n) is 6.03. The monoisotopic (exact) mass is 227 g/mol. The van der Waals surface area contributed by atoms with Gasteiger partial charge in [0.15, 0.2) is 0 Å². The second-order valence-corrected chi connectivity index (χ2v) is 4.45. The highest BCUT2D eigenvalue weighted by Crippen LogP contribution is 2.15. The summed E-state index contributed by atoms with van der Waals surface area (Å²) >= 11 is 0. The number of hydrogen-bond acceptors (Lipinski definition) is 2. The number of amides is 1. The standard InChI is InChI=1S/C13H25NO2/c1-6-11(4)16-10-9-13(5,8-3)14-12(15)7-2/h7,11H,2,6,8-10H2,1,3-5H3,(H,14,15). The number of nitrogens with one attached hydrogen (secondary N) is 1. The van der Waals surface area contributed by atoms with Gasteiger partial charge in [0, 0.05) is 12.1 Å². The summed E-state index contributed by atoms with van der Waals surface area (Å²) in [6, 6.07) is 0. The maximum absolute atomic E-state index is 11.3. The zero-order valence-electron chi connectivity index (χ0n) is 11.0. The molecule has 0 fully saturated rings. The molecule has 2 atom stereocenters. The summed E-state index contributed by atoms with van der Waals surface area (Å²) in [5.74, 6) is -0.118. The zero-order chi connectivity index (χ0) is 12.6. The minimum Gasteiger partial charge on any atom is -0.378 e. The summed E-state index contributed by atoms with van der Waals surface area (Å²) < 4.78 is 5.63. The van der Waals surface area contributed by atoms with E-state index >= 15 is 0 Å². The minimum atomic E-state index is -0.196. The first-order chi connectivity index (χ1) is 7.47. The van der Waals surface area contributed by atoms with E-state index in [-0.39, 0.29) is 17.6 Å². The van der Waals surface area contributed by atoms with Crippen LogP contribution in [0.5, 0.6) is 0 Å². The Bertz CT molecular complexity index is 228. The molecule has 0 aliphatic heterocycles. The molecule has 1 N–H and O–H groups in total. The molecule has 0 aromatic rings. The third-order valence-corrected chi connectivity index (χ3v) is 3.02. The van der Waals surface area contributed by atoms with E-state index in [4.69, 9.17) is 4.74 Å². The lowest BCUT2D eigenvalue weighted by Crippen LogP contribution is -2.45. The topological polar surface area (TPSA) is 38.3 Å². The van der Waals surface area contributed by atoms with E-state index in [2.05, 4.69) is 32.7 Å². The molecular formula is C13H25NO2. The molecule has 0 radical (unpaired) electrons. The Morgan fingerprint density at radius 1 is 1.56 bits per heavy atom. The Kier molecular flexibility index (Phi) is 7.06. The van der Waals surface area contributed by atoms with E-state index in [1.165, 1.54) is 6.08 Å². The van der Waals surface area contributed by atoms with E-state index < -0.39 is 0 Å². The Morgan fingerprint density at radius 2 is 2.19 bits per heavy atom. The molecule has 0 bridgehead atoms. The lowest BCUT2D eigenvalue weighted by atomic mass is 9.95. The Morgan fingerprint density at radius 3 is 2.62 bits per heavy atom. The first kappa shape index (κ1) is 15.2. The van der Waals surface area contributed by atoms with E-state index in [0.29, 0.717) is 6.61 Å². The second-order valence-electron chi connectivity index (χ2n) is 4.45. The molecule has 16 heavy (non-hydrogen) atoms. The van der Waals surface area contributed by atoms with Gasteiger partial charge in [0.25, 0.3) is 0 Å². The van der Waals surface area contributed by atoms with Crippen molar-refractivity contribution in [3.63, 3.8) is 0 Å². The number of ether oxygens (including phenoxy) is 1. The van der Waals surface area contributed by atoms with Crippen molar-refractivity contribution in [2.75, 3.05) is 6.61 Å². The fraction of sp³-hybridized carbons (Fsp3) is 0.769. The van der Waals surface area contributed by atoms with Gasteiger partial charge in [0.05, 0.1) is 6.10 Å². The van der Waals surface area contributed by atoms with Crippen LogP contribution in [0.25, 0.3) is 0 Å². The molecule has 0 aliphatic rings. The van der Waals surface area contributed by atoms with Gasteiger partial charge in [-0.25, -0.2) is 0 Å². The minimum absolute atomic E-state index is 0.118. The number of carbonyl (C=O) groups is 1. The lowest BCUT2D eigenvalue weighted by Gasteiger charge is -2.29. The predicted molar refractivity (Wildman–Crippen MR) is 67.4 cm³/mol. The summed E-state index contributed by atoms with van der Waals surface area (Å²) in [5.41, 5.74) is -0.196. The highest BCUT2D eigenvalue weighted by Gasteiger charge is 2.23. The van der Waals surface area contributed by atoms with E-state index in [1.54, 1.807) is 0 Å². The Labute approximate surface area is 99.3 Å². The Hall–Kier alpha value is -0.830. The van der Waals surface area contributed by atoms with Crippen LogP contribution in [0, 0.1) is 0 Å². The van der Waals surface area contributed by atoms with Gasteiger partial charge in [0.1, 0.15) is 0 Å². The van der Waals surface area contributed by atoms with Gasteiger partial charge in [-0.15, -0.1) is 0 Å². The summed E-state index contributed by atoms with van der Waals surface area (Å²) in [6.07, 6.45) is 4.33. The molecule has 0 aliphatic carbocycles. The number of hydrogen-bond donors (Lipinski definition) is 1. The average molecular weight is 227 g/mol. The van der Waals surface area contributed by atoms with E-state index in [1.807, 2.05) is 6.92 Å². The molecule has 3 heteroatoms. The van der Waals surface area contributed by atoms with Crippen LogP contribution >= 0.6 is 0 Å². The molecule has 0 spiro atoms. The van der Waals surface area contributed by atoms with Gasteiger partial charge in [0.2, 0.25) is 5.91 Å². The summed E-state index contributed by atoms with van der Waals surface area (Å²) in [6.45, 7) is 12.4. The molecule has 0 saturated heterocycles. The maximum Gasteiger partial charge on any atom is 0.243 e. The lowest BCUT2D eigenvalue weighted by molar-refractivity contribution is -0.118. The highest BCUT2D eigenvalue weighted by atomic mass is 16.5. The largest absolute Gasteiger partial charge is 0.378 e. The molecule has 0 aromatic heterocycles. The zero-order valence-corrected chi connectivity index (χ0v) is 11.0. The average Bonchev–Trinajstić information content (AvgIpc) is 2.28. The quantitative estimate of drug-likeness (QED) is 0.647. The third kappa shape index (κ3) is 5.91. The van der Waals surface area contributed by atoms with E-state index in [9.17, 15) is 4.79 Å². The van der Waals surface area contributed by atoms with Crippen LogP contribution in [0.2, 0.25) is 0 Å². The van der Waals surface area contributed by atoms with Crippen LogP contribution in [0.4, 0.5) is 0 Å². The summed E-state index contributed by atoms with van der Waals surface area (Å²) in [7, 11) is 0. The van der Waals surface area contributed by atoms with Crippen molar-refractivity contribution in [2.45, 2.75) is 58.6 Å². The van der Waals surface area contributed by atoms with Gasteiger partial charge in [-0.3, -0.25) is 4.79 Å². The van der Waals surface area contributed by atoms with Crippen molar-refractivity contribution in [2.24, 2.45) is 0 Å². The van der Waals surface area contributed by atoms with Crippen molar-refractivity contribution >= 4 is 5.91 Å². The molecule has 0 saturated carbocycles. The van der Waals surface area contributed by atoms with Crippen LogP contribution < -0.4 is 5.32 Å². The smallest absolute Gasteiger partial charge is 0.243 e. The summed E-state index contributed by atoms with van der Waals surface area (Å²) in [4.78, 5) is 11.3. The highest BCUT2D eigenvalue weighted by molar-refractivity contribution is 5.87. The second kappa shape index (κ2) is 7.44. The molecule has 1 amide bonds. The Balaban J connectivity index is 4.06. The maximum atomic E-state index is 11.3. The van der Waals surface area contributed by atoms with Crippen LogP contribution in [0.3, 0.4) is 0 Å². The first-order valence-corrected chi connectivity index (χ1v) is 6.03. The number of rotatable bonds is 8. The van der Waals surface area contributed by atoms with Gasteiger partial charge < -0.3 is 10.1 Å². The molecule has 0 heterocycles. The molecule has 94 valence electrons. The van der Waals surface area contributed by atoms with Gasteiger partial charge in [-0.1, -0.05) is 20.4 Å². The van der Waals surface area contributed by atoms with Crippen molar-refractivity contribution in [1.29, 1.82) is 0 Å². The van der Waals surface area contributed by atoms with Crippen LogP contribution in [0.15, 0.2) is 12.7 Å².